The number of rotatable bonds is 9. The molecule has 0 fully saturated rings. The first-order valence-corrected chi connectivity index (χ1v) is 11.9. The summed E-state index contributed by atoms with van der Waals surface area (Å²) in [5.74, 6) is 0.676. The Morgan fingerprint density at radius 1 is 1.15 bits per heavy atom. The molecule has 174 valence electrons. The first kappa shape index (κ1) is 23.6. The van der Waals surface area contributed by atoms with Gasteiger partial charge in [0.15, 0.2) is 0 Å². The molecule has 5 nitrogen and oxygen atoms in total. The van der Waals surface area contributed by atoms with Crippen LogP contribution in [0.5, 0.6) is 0 Å². The second kappa shape index (κ2) is 11.0. The zero-order valence-corrected chi connectivity index (χ0v) is 20.3. The van der Waals surface area contributed by atoms with Crippen LogP contribution in [0.1, 0.15) is 54.8 Å². The number of fused-ring (bicyclic) bond motifs is 1. The molecule has 2 N–H and O–H groups in total. The molecule has 0 aromatic carbocycles. The second-order valence-electron chi connectivity index (χ2n) is 9.14. The van der Waals surface area contributed by atoms with E-state index in [9.17, 15) is 0 Å². The van der Waals surface area contributed by atoms with Crippen molar-refractivity contribution in [3.05, 3.63) is 89.5 Å². The predicted octanol–water partition coefficient (Wildman–Crippen LogP) is 6.34. The second-order valence-corrected chi connectivity index (χ2v) is 9.14. The molecular weight excluding hydrogens is 418 g/mol. The first-order chi connectivity index (χ1) is 16.5. The Hall–Kier alpha value is -3.57. The molecule has 3 heterocycles. The highest BCUT2D eigenvalue weighted by Gasteiger charge is 2.13. The van der Waals surface area contributed by atoms with Gasteiger partial charge in [0.05, 0.1) is 23.3 Å². The molecule has 0 bridgehead atoms. The average molecular weight is 452 g/mol. The maximum atomic E-state index is 4.74. The van der Waals surface area contributed by atoms with E-state index in [2.05, 4.69) is 77.4 Å². The third-order valence-electron chi connectivity index (χ3n) is 5.81. The molecule has 0 aliphatic heterocycles. The summed E-state index contributed by atoms with van der Waals surface area (Å²) in [5.41, 5.74) is 9.11. The quantitative estimate of drug-likeness (QED) is 0.373. The number of allylic oxidation sites excluding steroid dienone is 5. The summed E-state index contributed by atoms with van der Waals surface area (Å²) in [4.78, 5) is 9.39. The molecule has 4 rings (SSSR count). The van der Waals surface area contributed by atoms with Crippen LogP contribution in [0.2, 0.25) is 0 Å². The van der Waals surface area contributed by atoms with E-state index in [1.165, 1.54) is 0 Å². The Kier molecular flexibility index (Phi) is 7.65. The third kappa shape index (κ3) is 5.86. The fourth-order valence-corrected chi connectivity index (χ4v) is 3.96. The van der Waals surface area contributed by atoms with Crippen LogP contribution < -0.4 is 5.32 Å². The average Bonchev–Trinajstić information content (AvgIpc) is 3.29. The van der Waals surface area contributed by atoms with Crippen molar-refractivity contribution in [2.45, 2.75) is 33.6 Å². The van der Waals surface area contributed by atoms with Crippen molar-refractivity contribution in [3.63, 3.8) is 0 Å². The molecule has 5 heteroatoms. The van der Waals surface area contributed by atoms with E-state index >= 15 is 0 Å². The van der Waals surface area contributed by atoms with Gasteiger partial charge < -0.3 is 5.32 Å². The van der Waals surface area contributed by atoms with Gasteiger partial charge in [-0.3, -0.25) is 15.1 Å². The Balaban J connectivity index is 1.48. The van der Waals surface area contributed by atoms with Crippen molar-refractivity contribution in [1.29, 1.82) is 0 Å². The fraction of sp³-hybridized carbons (Fsp3) is 0.276. The van der Waals surface area contributed by atoms with Crippen LogP contribution in [0.25, 0.3) is 34.7 Å². The molecule has 3 aromatic rings. The lowest BCUT2D eigenvalue weighted by atomic mass is 9.98. The minimum atomic E-state index is 0.676. The van der Waals surface area contributed by atoms with E-state index in [0.29, 0.717) is 5.92 Å². The highest BCUT2D eigenvalue weighted by Crippen LogP contribution is 2.29. The van der Waals surface area contributed by atoms with Crippen LogP contribution in [0.15, 0.2) is 61.5 Å². The first-order valence-electron chi connectivity index (χ1n) is 11.9. The molecule has 0 spiro atoms. The zero-order valence-electron chi connectivity index (χ0n) is 20.3. The fourth-order valence-electron chi connectivity index (χ4n) is 3.96. The van der Waals surface area contributed by atoms with E-state index in [1.807, 2.05) is 37.5 Å². The molecule has 0 unspecified atom stereocenters. The van der Waals surface area contributed by atoms with Gasteiger partial charge in [-0.25, -0.2) is 0 Å². The summed E-state index contributed by atoms with van der Waals surface area (Å²) in [6.45, 7) is 12.8. The van der Waals surface area contributed by atoms with Crippen LogP contribution in [0, 0.1) is 12.8 Å². The zero-order chi connectivity index (χ0) is 23.9. The monoisotopic (exact) mass is 451 g/mol. The topological polar surface area (TPSA) is 66.5 Å². The lowest BCUT2D eigenvalue weighted by molar-refractivity contribution is 0.545. The molecule has 1 aliphatic carbocycles. The number of hydrogen-bond acceptors (Lipinski definition) is 4. The highest BCUT2D eigenvalue weighted by atomic mass is 15.1. The van der Waals surface area contributed by atoms with Gasteiger partial charge in [0.2, 0.25) is 0 Å². The van der Waals surface area contributed by atoms with Crippen molar-refractivity contribution >= 4 is 23.3 Å². The van der Waals surface area contributed by atoms with Crippen molar-refractivity contribution < 1.29 is 0 Å². The van der Waals surface area contributed by atoms with E-state index in [0.717, 1.165) is 76.5 Å². The lowest BCUT2D eigenvalue weighted by Gasteiger charge is -2.11. The van der Waals surface area contributed by atoms with Gasteiger partial charge in [-0.05, 0) is 79.8 Å². The Morgan fingerprint density at radius 2 is 2.03 bits per heavy atom. The number of pyridine rings is 2. The van der Waals surface area contributed by atoms with Gasteiger partial charge in [-0.15, -0.1) is 0 Å². The van der Waals surface area contributed by atoms with E-state index < -0.39 is 0 Å². The molecule has 34 heavy (non-hydrogen) atoms. The largest absolute Gasteiger partial charge is 0.316 e. The minimum Gasteiger partial charge on any atom is -0.316 e. The Labute approximate surface area is 202 Å². The maximum absolute atomic E-state index is 4.74. The van der Waals surface area contributed by atoms with Gasteiger partial charge in [0.25, 0.3) is 0 Å². The third-order valence-corrected chi connectivity index (χ3v) is 5.81. The number of aromatic nitrogens is 4. The Morgan fingerprint density at radius 3 is 2.85 bits per heavy atom. The summed E-state index contributed by atoms with van der Waals surface area (Å²) < 4.78 is 0. The van der Waals surface area contributed by atoms with E-state index in [1.54, 1.807) is 0 Å². The molecule has 0 amide bonds. The van der Waals surface area contributed by atoms with Crippen LogP contribution in [-0.4, -0.2) is 33.3 Å². The van der Waals surface area contributed by atoms with Crippen LogP contribution in [-0.2, 0) is 0 Å². The summed E-state index contributed by atoms with van der Waals surface area (Å²) >= 11 is 0. The summed E-state index contributed by atoms with van der Waals surface area (Å²) in [7, 11) is 0. The molecule has 0 saturated heterocycles. The van der Waals surface area contributed by atoms with Gasteiger partial charge in [0, 0.05) is 23.0 Å². The van der Waals surface area contributed by atoms with Gasteiger partial charge in [0.1, 0.15) is 0 Å². The van der Waals surface area contributed by atoms with Crippen molar-refractivity contribution in [3.8, 4) is 11.4 Å². The minimum absolute atomic E-state index is 0.676. The Bertz CT molecular complexity index is 1240. The summed E-state index contributed by atoms with van der Waals surface area (Å²) in [6, 6.07) is 8.19. The SMILES string of the molecule is C=C(CCCNCC(C)C)c1cnc2c(c1)/C=C/C=C(\c1cn[nH]c1-c1cccc(C)n1)C=C2. The number of nitrogens with one attached hydrogen (secondary N) is 2. The van der Waals surface area contributed by atoms with Gasteiger partial charge in [-0.1, -0.05) is 50.8 Å². The molecule has 3 aromatic heterocycles. The molecular formula is C29H33N5. The molecule has 0 radical (unpaired) electrons. The van der Waals surface area contributed by atoms with Crippen molar-refractivity contribution in [2.75, 3.05) is 13.1 Å². The number of hydrogen-bond donors (Lipinski definition) is 2. The smallest absolute Gasteiger partial charge is 0.0912 e. The number of aryl methyl sites for hydroxylation is 1. The van der Waals surface area contributed by atoms with E-state index in [4.69, 9.17) is 4.98 Å². The number of H-pyrrole nitrogens is 1. The van der Waals surface area contributed by atoms with Crippen LogP contribution in [0.3, 0.4) is 0 Å². The normalized spacial score (nSPS) is 15.4. The predicted molar refractivity (Wildman–Crippen MR) is 143 cm³/mol. The number of nitrogens with zero attached hydrogens (tertiary/aromatic N) is 3. The van der Waals surface area contributed by atoms with Crippen LogP contribution in [0.4, 0.5) is 0 Å². The summed E-state index contributed by atoms with van der Waals surface area (Å²) in [6.07, 6.45) is 16.3. The van der Waals surface area contributed by atoms with Gasteiger partial charge >= 0.3 is 0 Å². The summed E-state index contributed by atoms with van der Waals surface area (Å²) in [5, 5.41) is 10.9. The number of aromatic amines is 1. The molecule has 0 atom stereocenters. The highest BCUT2D eigenvalue weighted by molar-refractivity contribution is 5.88. The lowest BCUT2D eigenvalue weighted by Crippen LogP contribution is -2.20. The van der Waals surface area contributed by atoms with E-state index in [-0.39, 0.29) is 0 Å². The van der Waals surface area contributed by atoms with Crippen LogP contribution >= 0.6 is 0 Å². The standard InChI is InChI=1S/C29H33N5/c1-20(2)17-30-15-7-8-21(3)25-16-24-11-6-10-23(13-14-27(24)31-18-25)26-19-32-34-29(26)28-12-5-9-22(4)33-28/h5-6,9-14,16,18-20,30H,3,7-8,15,17H2,1-2,4H3,(H,32,34)/b10-6?,11-6+,14-13?,23-10-,23-13?,24-11?,27-14?. The molecule has 0 saturated carbocycles. The maximum Gasteiger partial charge on any atom is 0.0912 e. The molecule has 1 aliphatic rings. The van der Waals surface area contributed by atoms with Crippen molar-refractivity contribution in [1.82, 2.24) is 25.5 Å². The van der Waals surface area contributed by atoms with Gasteiger partial charge in [-0.2, -0.15) is 5.10 Å². The van der Waals surface area contributed by atoms with Crippen molar-refractivity contribution in [2.24, 2.45) is 5.92 Å².